The van der Waals surface area contributed by atoms with Crippen LogP contribution in [0.4, 0.5) is 0 Å². The van der Waals surface area contributed by atoms with E-state index < -0.39 is 21.9 Å². The SMILES string of the molecule is CC(=O)C(N)C[C@H](N)c1ccnc(S(C)(=O)=O)c1. The Morgan fingerprint density at radius 3 is 2.56 bits per heavy atom. The third-order valence-electron chi connectivity index (χ3n) is 2.60. The molecule has 1 aromatic rings. The van der Waals surface area contributed by atoms with E-state index in [2.05, 4.69) is 4.98 Å². The lowest BCUT2D eigenvalue weighted by Gasteiger charge is -2.15. The largest absolute Gasteiger partial charge is 0.324 e. The number of nitrogens with zero attached hydrogens (tertiary/aromatic N) is 1. The molecule has 1 rings (SSSR count). The van der Waals surface area contributed by atoms with Crippen LogP contribution in [0.5, 0.6) is 0 Å². The summed E-state index contributed by atoms with van der Waals surface area (Å²) in [4.78, 5) is 14.8. The fraction of sp³-hybridized carbons (Fsp3) is 0.455. The Labute approximate surface area is 106 Å². The van der Waals surface area contributed by atoms with E-state index in [1.165, 1.54) is 19.2 Å². The lowest BCUT2D eigenvalue weighted by Crippen LogP contribution is -2.32. The molecular formula is C11H17N3O3S. The lowest BCUT2D eigenvalue weighted by atomic mass is 10.00. The smallest absolute Gasteiger partial charge is 0.192 e. The van der Waals surface area contributed by atoms with Gasteiger partial charge in [-0.3, -0.25) is 4.79 Å². The van der Waals surface area contributed by atoms with Crippen LogP contribution in [0.2, 0.25) is 0 Å². The van der Waals surface area contributed by atoms with Crippen LogP contribution in [-0.2, 0) is 14.6 Å². The molecule has 0 aromatic carbocycles. The molecule has 1 unspecified atom stereocenters. The van der Waals surface area contributed by atoms with Crippen LogP contribution in [0, 0.1) is 0 Å². The summed E-state index contributed by atoms with van der Waals surface area (Å²) in [5.41, 5.74) is 12.1. The first kappa shape index (κ1) is 14.7. The molecule has 0 bridgehead atoms. The van der Waals surface area contributed by atoms with Gasteiger partial charge in [-0.15, -0.1) is 0 Å². The van der Waals surface area contributed by atoms with Crippen molar-refractivity contribution in [3.8, 4) is 0 Å². The summed E-state index contributed by atoms with van der Waals surface area (Å²) in [7, 11) is -3.37. The highest BCUT2D eigenvalue weighted by Crippen LogP contribution is 2.17. The molecule has 0 radical (unpaired) electrons. The molecule has 0 aliphatic rings. The van der Waals surface area contributed by atoms with Crippen LogP contribution >= 0.6 is 0 Å². The second kappa shape index (κ2) is 5.55. The van der Waals surface area contributed by atoms with Gasteiger partial charge in [0.25, 0.3) is 0 Å². The Kier molecular flexibility index (Phi) is 4.55. The van der Waals surface area contributed by atoms with E-state index in [1.807, 2.05) is 0 Å². The summed E-state index contributed by atoms with van der Waals surface area (Å²) >= 11 is 0. The topological polar surface area (TPSA) is 116 Å². The van der Waals surface area contributed by atoms with E-state index in [4.69, 9.17) is 11.5 Å². The molecule has 1 aromatic heterocycles. The van der Waals surface area contributed by atoms with E-state index >= 15 is 0 Å². The molecule has 1 heterocycles. The molecule has 0 spiro atoms. The summed E-state index contributed by atoms with van der Waals surface area (Å²) in [6, 6.07) is 1.89. The Bertz CT molecular complexity index is 542. The Morgan fingerprint density at radius 1 is 1.44 bits per heavy atom. The monoisotopic (exact) mass is 271 g/mol. The van der Waals surface area contributed by atoms with Gasteiger partial charge < -0.3 is 11.5 Å². The molecule has 0 fully saturated rings. The normalized spacial score (nSPS) is 15.1. The number of Topliss-reactive ketones (excluding diaryl/α,β-unsaturated/α-hetero) is 1. The third-order valence-corrected chi connectivity index (χ3v) is 3.58. The number of ketones is 1. The summed E-state index contributed by atoms with van der Waals surface area (Å²) in [5, 5.41) is -0.0353. The van der Waals surface area contributed by atoms with E-state index in [-0.39, 0.29) is 17.2 Å². The maximum Gasteiger partial charge on any atom is 0.192 e. The maximum absolute atomic E-state index is 11.4. The van der Waals surface area contributed by atoms with E-state index in [0.29, 0.717) is 5.56 Å². The van der Waals surface area contributed by atoms with Crippen molar-refractivity contribution in [2.75, 3.05) is 6.26 Å². The predicted molar refractivity (Wildman–Crippen MR) is 67.5 cm³/mol. The zero-order valence-electron chi connectivity index (χ0n) is 10.3. The van der Waals surface area contributed by atoms with Crippen molar-refractivity contribution in [3.63, 3.8) is 0 Å². The first-order chi connectivity index (χ1) is 8.21. The highest BCUT2D eigenvalue weighted by molar-refractivity contribution is 7.90. The standard InChI is InChI=1S/C11H17N3O3S/c1-7(15)9(12)6-10(13)8-3-4-14-11(5-8)18(2,16)17/h3-5,9-10H,6,12-13H2,1-2H3/t9?,10-/m0/s1. The molecule has 0 aliphatic carbocycles. The number of sulfone groups is 1. The van der Waals surface area contributed by atoms with Gasteiger partial charge in [0.05, 0.1) is 6.04 Å². The van der Waals surface area contributed by atoms with Gasteiger partial charge in [0, 0.05) is 18.5 Å². The molecule has 0 aliphatic heterocycles. The average molecular weight is 271 g/mol. The number of nitrogens with two attached hydrogens (primary N) is 2. The van der Waals surface area contributed by atoms with Gasteiger partial charge in [-0.05, 0) is 31.0 Å². The van der Waals surface area contributed by atoms with Gasteiger partial charge in [-0.1, -0.05) is 0 Å². The van der Waals surface area contributed by atoms with Gasteiger partial charge in [-0.2, -0.15) is 0 Å². The molecular weight excluding hydrogens is 254 g/mol. The van der Waals surface area contributed by atoms with Crippen molar-refractivity contribution < 1.29 is 13.2 Å². The second-order valence-electron chi connectivity index (χ2n) is 4.26. The minimum atomic E-state index is -3.37. The van der Waals surface area contributed by atoms with Crippen molar-refractivity contribution in [2.45, 2.75) is 30.5 Å². The quantitative estimate of drug-likeness (QED) is 0.765. The van der Waals surface area contributed by atoms with E-state index in [9.17, 15) is 13.2 Å². The highest BCUT2D eigenvalue weighted by Gasteiger charge is 2.17. The number of pyridine rings is 1. The second-order valence-corrected chi connectivity index (χ2v) is 6.22. The first-order valence-corrected chi connectivity index (χ1v) is 7.28. The molecule has 0 amide bonds. The summed E-state index contributed by atoms with van der Waals surface area (Å²) < 4.78 is 22.7. The number of rotatable bonds is 5. The molecule has 0 saturated heterocycles. The van der Waals surface area contributed by atoms with Crippen LogP contribution in [0.25, 0.3) is 0 Å². The average Bonchev–Trinajstić information content (AvgIpc) is 2.27. The van der Waals surface area contributed by atoms with Gasteiger partial charge in [0.2, 0.25) is 0 Å². The summed E-state index contributed by atoms with van der Waals surface area (Å²) in [6.45, 7) is 1.39. The van der Waals surface area contributed by atoms with Crippen LogP contribution in [0.3, 0.4) is 0 Å². The fourth-order valence-electron chi connectivity index (χ4n) is 1.43. The minimum absolute atomic E-state index is 0.0353. The molecule has 18 heavy (non-hydrogen) atoms. The molecule has 0 saturated carbocycles. The van der Waals surface area contributed by atoms with Crippen LogP contribution < -0.4 is 11.5 Å². The third kappa shape index (κ3) is 3.86. The zero-order chi connectivity index (χ0) is 13.9. The number of aromatic nitrogens is 1. The van der Waals surface area contributed by atoms with Gasteiger partial charge in [-0.25, -0.2) is 13.4 Å². The van der Waals surface area contributed by atoms with Crippen molar-refractivity contribution in [1.82, 2.24) is 4.98 Å². The number of hydrogen-bond acceptors (Lipinski definition) is 6. The van der Waals surface area contributed by atoms with Crippen molar-refractivity contribution in [1.29, 1.82) is 0 Å². The number of hydrogen-bond donors (Lipinski definition) is 2. The molecule has 2 atom stereocenters. The van der Waals surface area contributed by atoms with E-state index in [1.54, 1.807) is 6.07 Å². The molecule has 100 valence electrons. The van der Waals surface area contributed by atoms with Crippen molar-refractivity contribution >= 4 is 15.6 Å². The summed E-state index contributed by atoms with van der Waals surface area (Å²) in [5.74, 6) is -0.150. The van der Waals surface area contributed by atoms with Gasteiger partial charge in [0.15, 0.2) is 14.9 Å². The van der Waals surface area contributed by atoms with Gasteiger partial charge >= 0.3 is 0 Å². The predicted octanol–water partition coefficient (Wildman–Crippen LogP) is -0.209. The van der Waals surface area contributed by atoms with Crippen LogP contribution in [0.15, 0.2) is 23.4 Å². The Morgan fingerprint density at radius 2 is 2.06 bits per heavy atom. The maximum atomic E-state index is 11.4. The van der Waals surface area contributed by atoms with Gasteiger partial charge in [0.1, 0.15) is 5.78 Å². The molecule has 7 heteroatoms. The minimum Gasteiger partial charge on any atom is -0.324 e. The Hall–Kier alpha value is -1.31. The molecule has 6 nitrogen and oxygen atoms in total. The first-order valence-electron chi connectivity index (χ1n) is 5.39. The Balaban J connectivity index is 2.94. The number of carbonyl (C=O) groups is 1. The highest BCUT2D eigenvalue weighted by atomic mass is 32.2. The summed E-state index contributed by atoms with van der Waals surface area (Å²) in [6.07, 6.45) is 2.72. The van der Waals surface area contributed by atoms with Crippen LogP contribution in [0.1, 0.15) is 24.9 Å². The number of carbonyl (C=O) groups excluding carboxylic acids is 1. The fourth-order valence-corrected chi connectivity index (χ4v) is 2.04. The van der Waals surface area contributed by atoms with Crippen molar-refractivity contribution in [2.24, 2.45) is 11.5 Å². The zero-order valence-corrected chi connectivity index (χ0v) is 11.1. The lowest BCUT2D eigenvalue weighted by molar-refractivity contribution is -0.118. The van der Waals surface area contributed by atoms with E-state index in [0.717, 1.165) is 6.26 Å². The van der Waals surface area contributed by atoms with Crippen LogP contribution in [-0.4, -0.2) is 31.5 Å². The van der Waals surface area contributed by atoms with Crippen molar-refractivity contribution in [3.05, 3.63) is 23.9 Å². The molecule has 4 N–H and O–H groups in total.